The number of aromatic amines is 1. The van der Waals surface area contributed by atoms with Gasteiger partial charge in [-0.25, -0.2) is 9.97 Å². The molecule has 0 saturated carbocycles. The lowest BCUT2D eigenvalue weighted by Gasteiger charge is -2.11. The van der Waals surface area contributed by atoms with Crippen LogP contribution in [-0.4, -0.2) is 31.1 Å². The van der Waals surface area contributed by atoms with E-state index in [4.69, 9.17) is 5.73 Å². The zero-order chi connectivity index (χ0) is 14.7. The maximum atomic E-state index is 12.0. The lowest BCUT2D eigenvalue weighted by molar-refractivity contribution is 0.0937. The van der Waals surface area contributed by atoms with Crippen molar-refractivity contribution in [2.75, 3.05) is 5.73 Å². The number of rotatable bonds is 4. The van der Waals surface area contributed by atoms with Crippen LogP contribution in [0.25, 0.3) is 0 Å². The molecule has 1 amide bonds. The molecule has 2 rings (SSSR count). The van der Waals surface area contributed by atoms with Crippen molar-refractivity contribution < 1.29 is 4.79 Å². The van der Waals surface area contributed by atoms with Gasteiger partial charge in [0.25, 0.3) is 5.91 Å². The molecule has 20 heavy (non-hydrogen) atoms. The summed E-state index contributed by atoms with van der Waals surface area (Å²) in [6.45, 7) is 5.76. The molecule has 2 heterocycles. The quantitative estimate of drug-likeness (QED) is 0.758. The van der Waals surface area contributed by atoms with Gasteiger partial charge in [0.2, 0.25) is 5.95 Å². The Morgan fingerprint density at radius 1 is 1.30 bits per heavy atom. The van der Waals surface area contributed by atoms with Gasteiger partial charge in [0.15, 0.2) is 0 Å². The lowest BCUT2D eigenvalue weighted by Crippen LogP contribution is -2.27. The van der Waals surface area contributed by atoms with Crippen LogP contribution in [-0.2, 0) is 0 Å². The van der Waals surface area contributed by atoms with Gasteiger partial charge in [-0.2, -0.15) is 4.98 Å². The summed E-state index contributed by atoms with van der Waals surface area (Å²) < 4.78 is 0. The third-order valence-electron chi connectivity index (χ3n) is 2.73. The lowest BCUT2D eigenvalue weighted by atomic mass is 10.2. The number of hydrogen-bond donors (Lipinski definition) is 3. The fraction of sp³-hybridized carbons (Fsp3) is 0.417. The van der Waals surface area contributed by atoms with Gasteiger partial charge < -0.3 is 11.1 Å². The molecular weight excluding hydrogens is 258 g/mol. The minimum Gasteiger partial charge on any atom is -0.367 e. The molecule has 8 heteroatoms. The number of nitrogens with one attached hydrogen (secondary N) is 2. The first-order valence-electron chi connectivity index (χ1n) is 6.28. The third-order valence-corrected chi connectivity index (χ3v) is 2.73. The van der Waals surface area contributed by atoms with Crippen LogP contribution in [0.4, 0.5) is 5.95 Å². The SMILES string of the molecule is CC(C)c1ncc(C(=O)N[C@@H](C)c2nc(N)n[nH]2)cn1. The highest BCUT2D eigenvalue weighted by Gasteiger charge is 2.15. The Morgan fingerprint density at radius 3 is 2.45 bits per heavy atom. The number of aromatic nitrogens is 5. The fourth-order valence-electron chi connectivity index (χ4n) is 1.58. The summed E-state index contributed by atoms with van der Waals surface area (Å²) in [5, 5.41) is 9.13. The van der Waals surface area contributed by atoms with E-state index >= 15 is 0 Å². The number of hydrogen-bond acceptors (Lipinski definition) is 6. The molecule has 0 spiro atoms. The molecule has 0 fully saturated rings. The molecule has 2 aromatic heterocycles. The fourth-order valence-corrected chi connectivity index (χ4v) is 1.58. The summed E-state index contributed by atoms with van der Waals surface area (Å²) in [6, 6.07) is -0.336. The minimum absolute atomic E-state index is 0.144. The summed E-state index contributed by atoms with van der Waals surface area (Å²) in [4.78, 5) is 24.3. The van der Waals surface area contributed by atoms with E-state index < -0.39 is 0 Å². The Bertz CT molecular complexity index is 590. The molecule has 0 bridgehead atoms. The predicted molar refractivity (Wildman–Crippen MR) is 72.8 cm³/mol. The van der Waals surface area contributed by atoms with Crippen LogP contribution in [0.1, 0.15) is 54.7 Å². The number of H-pyrrole nitrogens is 1. The zero-order valence-corrected chi connectivity index (χ0v) is 11.6. The van der Waals surface area contributed by atoms with E-state index in [1.54, 1.807) is 6.92 Å². The van der Waals surface area contributed by atoms with Crippen LogP contribution in [0.15, 0.2) is 12.4 Å². The highest BCUT2D eigenvalue weighted by atomic mass is 16.1. The molecule has 0 radical (unpaired) electrons. The van der Waals surface area contributed by atoms with Crippen LogP contribution in [0.3, 0.4) is 0 Å². The molecule has 1 atom stereocenters. The van der Waals surface area contributed by atoms with Gasteiger partial charge in [-0.1, -0.05) is 13.8 Å². The van der Waals surface area contributed by atoms with E-state index in [1.165, 1.54) is 12.4 Å². The molecule has 0 aromatic carbocycles. The highest BCUT2D eigenvalue weighted by molar-refractivity contribution is 5.93. The smallest absolute Gasteiger partial charge is 0.254 e. The molecule has 8 nitrogen and oxygen atoms in total. The van der Waals surface area contributed by atoms with Crippen molar-refractivity contribution in [1.29, 1.82) is 0 Å². The van der Waals surface area contributed by atoms with Gasteiger partial charge >= 0.3 is 0 Å². The Hall–Kier alpha value is -2.51. The zero-order valence-electron chi connectivity index (χ0n) is 11.6. The summed E-state index contributed by atoms with van der Waals surface area (Å²) >= 11 is 0. The van der Waals surface area contributed by atoms with Gasteiger partial charge in [0.1, 0.15) is 11.6 Å². The molecule has 0 unspecified atom stereocenters. The highest BCUT2D eigenvalue weighted by Crippen LogP contribution is 2.10. The Kier molecular flexibility index (Phi) is 3.92. The summed E-state index contributed by atoms with van der Waals surface area (Å²) in [5.41, 5.74) is 5.81. The van der Waals surface area contributed by atoms with Crippen LogP contribution < -0.4 is 11.1 Å². The largest absolute Gasteiger partial charge is 0.367 e. The van der Waals surface area contributed by atoms with Crippen LogP contribution in [0, 0.1) is 0 Å². The topological polar surface area (TPSA) is 122 Å². The molecule has 0 aliphatic heterocycles. The summed E-state index contributed by atoms with van der Waals surface area (Å²) in [7, 11) is 0. The average Bonchev–Trinajstić information content (AvgIpc) is 2.85. The Morgan fingerprint density at radius 2 is 1.95 bits per heavy atom. The molecule has 0 saturated heterocycles. The third kappa shape index (κ3) is 3.08. The van der Waals surface area contributed by atoms with Crippen molar-refractivity contribution in [3.63, 3.8) is 0 Å². The van der Waals surface area contributed by atoms with Crippen LogP contribution in [0.2, 0.25) is 0 Å². The second kappa shape index (κ2) is 5.64. The van der Waals surface area contributed by atoms with Crippen molar-refractivity contribution in [3.8, 4) is 0 Å². The standard InChI is InChI=1S/C12H17N7O/c1-6(2)9-14-4-8(5-15-9)11(20)16-7(3)10-17-12(13)19-18-10/h4-7H,1-3H3,(H,16,20)(H3,13,17,18,19)/t7-/m0/s1. The molecule has 106 valence electrons. The number of anilines is 1. The van der Waals surface area contributed by atoms with E-state index in [0.717, 1.165) is 0 Å². The maximum Gasteiger partial charge on any atom is 0.254 e. The normalized spacial score (nSPS) is 12.4. The molecule has 0 aliphatic rings. The van der Waals surface area contributed by atoms with Crippen molar-refractivity contribution in [3.05, 3.63) is 29.6 Å². The summed E-state index contributed by atoms with van der Waals surface area (Å²) in [5.74, 6) is 1.30. The van der Waals surface area contributed by atoms with E-state index in [-0.39, 0.29) is 23.8 Å². The summed E-state index contributed by atoms with van der Waals surface area (Å²) in [6.07, 6.45) is 3.03. The van der Waals surface area contributed by atoms with Gasteiger partial charge in [0.05, 0.1) is 11.6 Å². The predicted octanol–water partition coefficient (Wildman–Crippen LogP) is 0.791. The van der Waals surface area contributed by atoms with E-state index in [9.17, 15) is 4.79 Å². The number of amides is 1. The van der Waals surface area contributed by atoms with Gasteiger partial charge in [-0.05, 0) is 6.92 Å². The first-order valence-corrected chi connectivity index (χ1v) is 6.28. The van der Waals surface area contributed by atoms with Crippen LogP contribution >= 0.6 is 0 Å². The number of nitrogens with zero attached hydrogens (tertiary/aromatic N) is 4. The minimum atomic E-state index is -0.336. The molecule has 2 aromatic rings. The van der Waals surface area contributed by atoms with Crippen LogP contribution in [0.5, 0.6) is 0 Å². The number of nitrogens with two attached hydrogens (primary N) is 1. The first kappa shape index (κ1) is 13.9. The number of carbonyl (C=O) groups excluding carboxylic acids is 1. The van der Waals surface area contributed by atoms with Gasteiger partial charge in [-0.15, -0.1) is 5.10 Å². The van der Waals surface area contributed by atoms with E-state index in [1.807, 2.05) is 13.8 Å². The van der Waals surface area contributed by atoms with Crippen molar-refractivity contribution in [1.82, 2.24) is 30.5 Å². The van der Waals surface area contributed by atoms with E-state index in [2.05, 4.69) is 30.5 Å². The van der Waals surface area contributed by atoms with Crippen molar-refractivity contribution >= 4 is 11.9 Å². The van der Waals surface area contributed by atoms with Gasteiger partial charge in [-0.3, -0.25) is 9.89 Å². The van der Waals surface area contributed by atoms with Crippen molar-refractivity contribution in [2.45, 2.75) is 32.7 Å². The maximum absolute atomic E-state index is 12.0. The monoisotopic (exact) mass is 275 g/mol. The Balaban J connectivity index is 2.04. The molecular formula is C12H17N7O. The van der Waals surface area contributed by atoms with Crippen molar-refractivity contribution in [2.24, 2.45) is 0 Å². The Labute approximate surface area is 116 Å². The molecule has 0 aliphatic carbocycles. The van der Waals surface area contributed by atoms with E-state index in [0.29, 0.717) is 17.2 Å². The number of nitrogen functional groups attached to an aromatic ring is 1. The molecule has 4 N–H and O–H groups in total. The average molecular weight is 275 g/mol. The second-order valence-corrected chi connectivity index (χ2v) is 4.76. The number of carbonyl (C=O) groups is 1. The first-order chi connectivity index (χ1) is 9.47. The van der Waals surface area contributed by atoms with Gasteiger partial charge in [0, 0.05) is 18.3 Å². The second-order valence-electron chi connectivity index (χ2n) is 4.76.